The molecule has 32 heavy (non-hydrogen) atoms. The first-order chi connectivity index (χ1) is 15.6. The smallest absolute Gasteiger partial charge is 0.389 e. The number of carbonyl (C=O) groups is 1. The van der Waals surface area contributed by atoms with Crippen LogP contribution in [0.25, 0.3) is 0 Å². The second-order valence-corrected chi connectivity index (χ2v) is 7.52. The number of nitrogens with zero attached hydrogens (tertiary/aromatic N) is 1. The zero-order valence-corrected chi connectivity index (χ0v) is 18.4. The highest BCUT2D eigenvalue weighted by molar-refractivity contribution is 5.73. The third kappa shape index (κ3) is 3.88. The van der Waals surface area contributed by atoms with Crippen LogP contribution in [0.5, 0.6) is 0 Å². The van der Waals surface area contributed by atoms with Crippen molar-refractivity contribution in [1.82, 2.24) is 4.90 Å². The molecule has 3 aromatic rings. The van der Waals surface area contributed by atoms with E-state index in [0.717, 1.165) is 16.7 Å². The molecule has 0 spiro atoms. The van der Waals surface area contributed by atoms with Gasteiger partial charge in [-0.25, -0.2) is 4.79 Å². The largest absolute Gasteiger partial charge is 0.415 e. The molecule has 1 saturated heterocycles. The summed E-state index contributed by atoms with van der Waals surface area (Å²) in [7, 11) is 4.53. The summed E-state index contributed by atoms with van der Waals surface area (Å²) < 4.78 is 23.1. The van der Waals surface area contributed by atoms with Crippen LogP contribution in [-0.2, 0) is 18.9 Å². The van der Waals surface area contributed by atoms with Crippen molar-refractivity contribution in [3.63, 3.8) is 0 Å². The Morgan fingerprint density at radius 1 is 0.750 bits per heavy atom. The summed E-state index contributed by atoms with van der Waals surface area (Å²) in [5.41, 5.74) is 2.75. The van der Waals surface area contributed by atoms with Crippen LogP contribution < -0.4 is 0 Å². The number of ether oxygens (including phenoxy) is 4. The van der Waals surface area contributed by atoms with Crippen LogP contribution in [0, 0.1) is 0 Å². The molecule has 0 N–H and O–H groups in total. The van der Waals surface area contributed by atoms with E-state index in [1.54, 1.807) is 12.0 Å². The van der Waals surface area contributed by atoms with Crippen LogP contribution in [0.15, 0.2) is 91.0 Å². The van der Waals surface area contributed by atoms with E-state index in [1.165, 1.54) is 14.2 Å². The Balaban J connectivity index is 1.91. The fraction of sp³-hybridized carbons (Fsp3) is 0.269. The van der Waals surface area contributed by atoms with Crippen molar-refractivity contribution in [1.29, 1.82) is 0 Å². The van der Waals surface area contributed by atoms with Crippen molar-refractivity contribution in [2.24, 2.45) is 0 Å². The molecule has 3 aromatic carbocycles. The topological polar surface area (TPSA) is 57.2 Å². The Morgan fingerprint density at radius 2 is 1.19 bits per heavy atom. The minimum Gasteiger partial charge on any atom is -0.389 e. The second-order valence-electron chi connectivity index (χ2n) is 7.52. The fourth-order valence-electron chi connectivity index (χ4n) is 4.40. The molecule has 2 atom stereocenters. The zero-order valence-electron chi connectivity index (χ0n) is 18.4. The number of amides is 1. The first-order valence-electron chi connectivity index (χ1n) is 10.4. The summed E-state index contributed by atoms with van der Waals surface area (Å²) in [6, 6.07) is 28.2. The van der Waals surface area contributed by atoms with Gasteiger partial charge in [-0.15, -0.1) is 0 Å². The molecule has 2 unspecified atom stereocenters. The number of methoxy groups -OCH3 is 3. The Morgan fingerprint density at radius 3 is 1.59 bits per heavy atom. The van der Waals surface area contributed by atoms with Gasteiger partial charge in [0.1, 0.15) is 6.10 Å². The van der Waals surface area contributed by atoms with Crippen LogP contribution in [0.2, 0.25) is 0 Å². The van der Waals surface area contributed by atoms with Crippen molar-refractivity contribution in [2.75, 3.05) is 21.3 Å². The molecule has 6 heteroatoms. The van der Waals surface area contributed by atoms with Crippen molar-refractivity contribution < 1.29 is 23.7 Å². The molecule has 0 bridgehead atoms. The van der Waals surface area contributed by atoms with Gasteiger partial charge in [0.25, 0.3) is 0 Å². The van der Waals surface area contributed by atoms with Gasteiger partial charge in [0.15, 0.2) is 6.04 Å². The van der Waals surface area contributed by atoms with Gasteiger partial charge in [-0.2, -0.15) is 0 Å². The van der Waals surface area contributed by atoms with Crippen molar-refractivity contribution >= 4 is 6.09 Å². The number of hydrogen-bond donors (Lipinski definition) is 0. The maximum Gasteiger partial charge on any atom is 0.415 e. The van der Waals surface area contributed by atoms with E-state index in [1.807, 2.05) is 91.0 Å². The van der Waals surface area contributed by atoms with E-state index >= 15 is 0 Å². The van der Waals surface area contributed by atoms with Gasteiger partial charge < -0.3 is 18.9 Å². The molecular formula is C26H27NO5. The average molecular weight is 434 g/mol. The zero-order chi connectivity index (χ0) is 22.6. The summed E-state index contributed by atoms with van der Waals surface area (Å²) in [6.45, 7) is 0. The number of rotatable bonds is 8. The lowest BCUT2D eigenvalue weighted by molar-refractivity contribution is -0.343. The van der Waals surface area contributed by atoms with Gasteiger partial charge >= 0.3 is 12.1 Å². The Bertz CT molecular complexity index is 969. The predicted molar refractivity (Wildman–Crippen MR) is 120 cm³/mol. The number of benzene rings is 3. The summed E-state index contributed by atoms with van der Waals surface area (Å²) in [5, 5.41) is 0. The van der Waals surface area contributed by atoms with E-state index in [4.69, 9.17) is 18.9 Å². The van der Waals surface area contributed by atoms with Crippen molar-refractivity contribution in [3.8, 4) is 0 Å². The minimum atomic E-state index is -1.64. The average Bonchev–Trinajstić information content (AvgIpc) is 3.14. The summed E-state index contributed by atoms with van der Waals surface area (Å²) in [5.74, 6) is -1.64. The quantitative estimate of drug-likeness (QED) is 0.472. The molecular weight excluding hydrogens is 406 g/mol. The lowest BCUT2D eigenvalue weighted by Crippen LogP contribution is -2.53. The normalized spacial score (nSPS) is 18.6. The highest BCUT2D eigenvalue weighted by Gasteiger charge is 2.61. The molecule has 1 amide bonds. The van der Waals surface area contributed by atoms with Gasteiger partial charge in [0, 0.05) is 21.3 Å². The molecule has 4 rings (SSSR count). The van der Waals surface area contributed by atoms with Crippen LogP contribution in [0.3, 0.4) is 0 Å². The lowest BCUT2D eigenvalue weighted by Gasteiger charge is -2.39. The fourth-order valence-corrected chi connectivity index (χ4v) is 4.40. The lowest BCUT2D eigenvalue weighted by atomic mass is 9.92. The van der Waals surface area contributed by atoms with E-state index in [-0.39, 0.29) is 0 Å². The molecule has 6 nitrogen and oxygen atoms in total. The molecule has 1 aliphatic rings. The molecule has 0 aliphatic carbocycles. The highest BCUT2D eigenvalue weighted by Crippen LogP contribution is 2.46. The predicted octanol–water partition coefficient (Wildman–Crippen LogP) is 4.93. The number of cyclic esters (lactones) is 1. The SMILES string of the molecule is COC(c1ccccc1)C1N(C(c2ccccc2)c2ccccc2)C(=O)OC1(OC)OC. The first-order valence-corrected chi connectivity index (χ1v) is 10.4. The van der Waals surface area contributed by atoms with E-state index in [0.29, 0.717) is 0 Å². The number of hydrogen-bond acceptors (Lipinski definition) is 5. The van der Waals surface area contributed by atoms with E-state index < -0.39 is 30.3 Å². The summed E-state index contributed by atoms with van der Waals surface area (Å²) >= 11 is 0. The Labute approximate surface area is 188 Å². The summed E-state index contributed by atoms with van der Waals surface area (Å²) in [6.07, 6.45) is -1.12. The molecule has 1 aliphatic heterocycles. The van der Waals surface area contributed by atoms with Crippen LogP contribution in [-0.4, -0.2) is 44.3 Å². The monoisotopic (exact) mass is 433 g/mol. The van der Waals surface area contributed by atoms with Crippen molar-refractivity contribution in [3.05, 3.63) is 108 Å². The summed E-state index contributed by atoms with van der Waals surface area (Å²) in [4.78, 5) is 15.1. The molecule has 0 radical (unpaired) electrons. The number of carbonyl (C=O) groups excluding carboxylic acids is 1. The van der Waals surface area contributed by atoms with Gasteiger partial charge in [-0.05, 0) is 16.7 Å². The first kappa shape index (κ1) is 22.0. The van der Waals surface area contributed by atoms with E-state index in [9.17, 15) is 4.79 Å². The van der Waals surface area contributed by atoms with Gasteiger partial charge in [-0.3, -0.25) is 4.90 Å². The maximum atomic E-state index is 13.4. The maximum absolute atomic E-state index is 13.4. The van der Waals surface area contributed by atoms with Crippen LogP contribution in [0.1, 0.15) is 28.8 Å². The third-order valence-electron chi connectivity index (χ3n) is 5.85. The minimum absolute atomic E-state index is 0.441. The Hall–Kier alpha value is -3.19. The Kier molecular flexibility index (Phi) is 6.55. The van der Waals surface area contributed by atoms with Crippen molar-refractivity contribution in [2.45, 2.75) is 24.2 Å². The van der Waals surface area contributed by atoms with Crippen LogP contribution >= 0.6 is 0 Å². The molecule has 0 saturated carbocycles. The third-order valence-corrected chi connectivity index (χ3v) is 5.85. The highest BCUT2D eigenvalue weighted by atomic mass is 16.9. The van der Waals surface area contributed by atoms with Gasteiger partial charge in [0.05, 0.1) is 6.04 Å². The molecule has 0 aromatic heterocycles. The molecule has 1 heterocycles. The second kappa shape index (κ2) is 9.53. The van der Waals surface area contributed by atoms with Gasteiger partial charge in [0.2, 0.25) is 0 Å². The molecule has 1 fully saturated rings. The van der Waals surface area contributed by atoms with Crippen LogP contribution in [0.4, 0.5) is 4.79 Å². The van der Waals surface area contributed by atoms with E-state index in [2.05, 4.69) is 0 Å². The van der Waals surface area contributed by atoms with Gasteiger partial charge in [-0.1, -0.05) is 91.0 Å². The molecule has 166 valence electrons. The standard InChI is InChI=1S/C26H27NO5/c1-29-23(21-17-11-6-12-18-21)24-26(30-2,31-3)32-25(28)27(24)22(19-13-7-4-8-14-19)20-15-9-5-10-16-20/h4-18,22-24H,1-3H3.